The largest absolute Gasteiger partial charge is 0.539 e. The maximum absolute atomic E-state index is 6.55. The number of rotatable bonds is 4. The van der Waals surface area contributed by atoms with Crippen LogP contribution < -0.4 is 0 Å². The van der Waals surface area contributed by atoms with Crippen LogP contribution in [-0.2, 0) is 18.6 Å². The van der Waals surface area contributed by atoms with E-state index in [4.69, 9.17) is 18.6 Å². The molecule has 0 aromatic carbocycles. The Balaban J connectivity index is 0.00000200. The summed E-state index contributed by atoms with van der Waals surface area (Å²) < 4.78 is 23.7. The number of hydrogen-bond acceptors (Lipinski definition) is 4. The van der Waals surface area contributed by atoms with Crippen molar-refractivity contribution in [2.24, 2.45) is 0 Å². The van der Waals surface area contributed by atoms with Gasteiger partial charge in [-0.3, -0.25) is 0 Å². The van der Waals surface area contributed by atoms with E-state index in [2.05, 4.69) is 33.9 Å². The average Bonchev–Trinajstić information content (AvgIpc) is 2.82. The predicted octanol–water partition coefficient (Wildman–Crippen LogP) is 2.74. The fourth-order valence-corrected chi connectivity index (χ4v) is 3.71. The zero-order valence-electron chi connectivity index (χ0n) is 13.6. The van der Waals surface area contributed by atoms with E-state index in [0.29, 0.717) is 6.61 Å². The van der Waals surface area contributed by atoms with Gasteiger partial charge >= 0.3 is 0 Å². The van der Waals surface area contributed by atoms with Gasteiger partial charge in [-0.1, -0.05) is 20.8 Å². The van der Waals surface area contributed by atoms with Gasteiger partial charge in [0.1, 0.15) is 5.60 Å². The van der Waals surface area contributed by atoms with Crippen molar-refractivity contribution in [1.29, 1.82) is 0 Å². The molecule has 2 rings (SSSR count). The van der Waals surface area contributed by atoms with E-state index < -0.39 is 13.9 Å². The summed E-state index contributed by atoms with van der Waals surface area (Å²) in [6.45, 7) is 15.6. The number of fused-ring (bicyclic) bond motifs is 2. The molecule has 2 heterocycles. The minimum atomic E-state index is -1.85. The first kappa shape index (κ1) is 19.2. The van der Waals surface area contributed by atoms with Crippen LogP contribution in [0, 0.1) is 37.7 Å². The van der Waals surface area contributed by atoms with Gasteiger partial charge in [-0.25, -0.2) is 0 Å². The van der Waals surface area contributed by atoms with E-state index in [9.17, 15) is 0 Å². The van der Waals surface area contributed by atoms with Crippen molar-refractivity contribution in [3.63, 3.8) is 0 Å². The molecule has 0 aromatic rings. The molecule has 0 amide bonds. The third-order valence-corrected chi connectivity index (χ3v) is 9.43. The Morgan fingerprint density at radius 3 is 2.35 bits per heavy atom. The van der Waals surface area contributed by atoms with Gasteiger partial charge in [0.25, 0.3) is 0 Å². The van der Waals surface area contributed by atoms with Gasteiger partial charge < -0.3 is 18.6 Å². The fraction of sp³-hybridized carbons (Fsp3) is 0.929. The first-order chi connectivity index (χ1) is 8.64. The third kappa shape index (κ3) is 3.08. The molecule has 2 bridgehead atoms. The summed E-state index contributed by atoms with van der Waals surface area (Å²) in [5.74, 6) is 0. The summed E-state index contributed by atoms with van der Waals surface area (Å²) in [5.41, 5.74) is -0.477. The molecule has 0 N–H and O–H groups in total. The van der Waals surface area contributed by atoms with Crippen LogP contribution in [0.1, 0.15) is 27.7 Å². The standard InChI is InChI=1S/C14H27O4Si.U/c1-10(15-5)14-9-16-11(8-17-14)12(14)18-19(6,7)13(2,3)4;/h8,10-12H,9H2,1-7H3;/q-1;/t10?,11-,12-,14+;/m0./s1. The number of methoxy groups -OCH3 is 1. The normalized spacial score (nSPS) is 35.0. The number of ether oxygens (including phenoxy) is 3. The van der Waals surface area contributed by atoms with Crippen molar-refractivity contribution in [2.45, 2.75) is 69.7 Å². The van der Waals surface area contributed by atoms with Crippen LogP contribution in [-0.4, -0.2) is 45.9 Å². The van der Waals surface area contributed by atoms with Gasteiger partial charge in [-0.2, -0.15) is 6.61 Å². The molecule has 1 unspecified atom stereocenters. The SMILES string of the molecule is COC(C)[C@@]12CO[C@@H]([CH-]O1)[C@@H]2O[Si](C)(C)C(C)(C)C.[U]. The Morgan fingerprint density at radius 2 is 1.95 bits per heavy atom. The molecular formula is C14H27O4SiU-. The maximum atomic E-state index is 6.55. The van der Waals surface area contributed by atoms with Gasteiger partial charge in [0.15, 0.2) is 8.32 Å². The molecule has 0 saturated carbocycles. The number of hydrogen-bond donors (Lipinski definition) is 0. The van der Waals surface area contributed by atoms with Crippen molar-refractivity contribution in [2.75, 3.05) is 13.7 Å². The summed E-state index contributed by atoms with van der Waals surface area (Å²) in [7, 11) is -0.149. The minimum Gasteiger partial charge on any atom is -0.539 e. The van der Waals surface area contributed by atoms with Gasteiger partial charge in [0.05, 0.1) is 18.8 Å². The predicted molar refractivity (Wildman–Crippen MR) is 76.4 cm³/mol. The fourth-order valence-electron chi connectivity index (χ4n) is 2.38. The summed E-state index contributed by atoms with van der Waals surface area (Å²) in [6.07, 6.45) is -0.166. The Bertz CT molecular complexity index is 335. The van der Waals surface area contributed by atoms with Crippen LogP contribution in [0.3, 0.4) is 0 Å². The molecule has 4 nitrogen and oxygen atoms in total. The summed E-state index contributed by atoms with van der Waals surface area (Å²) in [4.78, 5) is 0. The second-order valence-electron chi connectivity index (χ2n) is 7.16. The van der Waals surface area contributed by atoms with E-state index in [0.717, 1.165) is 0 Å². The second kappa shape index (κ2) is 6.31. The van der Waals surface area contributed by atoms with Crippen LogP contribution in [0.25, 0.3) is 0 Å². The first-order valence-corrected chi connectivity index (χ1v) is 9.88. The van der Waals surface area contributed by atoms with Crippen molar-refractivity contribution >= 4 is 8.32 Å². The van der Waals surface area contributed by atoms with Crippen molar-refractivity contribution in [3.05, 3.63) is 6.61 Å². The van der Waals surface area contributed by atoms with Crippen molar-refractivity contribution in [3.8, 4) is 0 Å². The Morgan fingerprint density at radius 1 is 1.35 bits per heavy atom. The van der Waals surface area contributed by atoms with E-state index in [1.54, 1.807) is 13.7 Å². The van der Waals surface area contributed by atoms with Gasteiger partial charge in [0.2, 0.25) is 0 Å². The molecule has 2 saturated heterocycles. The van der Waals surface area contributed by atoms with Gasteiger partial charge in [-0.05, 0) is 31.2 Å². The Hall–Kier alpha value is 1.11. The van der Waals surface area contributed by atoms with Crippen molar-refractivity contribution < 1.29 is 49.7 Å². The zero-order chi connectivity index (χ0) is 14.5. The zero-order valence-corrected chi connectivity index (χ0v) is 18.8. The quantitative estimate of drug-likeness (QED) is 0.418. The van der Waals surface area contributed by atoms with Crippen LogP contribution >= 0.6 is 0 Å². The third-order valence-electron chi connectivity index (χ3n) is 4.97. The molecule has 2 fully saturated rings. The molecule has 4 atom stereocenters. The molecule has 0 aliphatic carbocycles. The first-order valence-electron chi connectivity index (χ1n) is 6.97. The molecule has 20 heavy (non-hydrogen) atoms. The molecule has 116 valence electrons. The van der Waals surface area contributed by atoms with Crippen LogP contribution in [0.4, 0.5) is 0 Å². The molecule has 0 aromatic heterocycles. The van der Waals surface area contributed by atoms with Crippen molar-refractivity contribution in [1.82, 2.24) is 0 Å². The van der Waals surface area contributed by atoms with E-state index in [-0.39, 0.29) is 54.5 Å². The molecule has 6 heteroatoms. The van der Waals surface area contributed by atoms with E-state index >= 15 is 0 Å². The molecule has 0 spiro atoms. The molecule has 2 aliphatic heterocycles. The summed E-state index contributed by atoms with van der Waals surface area (Å²) in [6, 6.07) is 0. The van der Waals surface area contributed by atoms with Crippen LogP contribution in [0.2, 0.25) is 18.1 Å². The monoisotopic (exact) mass is 525 g/mol. The minimum absolute atomic E-state index is 0. The topological polar surface area (TPSA) is 36.9 Å². The average molecular weight is 525 g/mol. The second-order valence-corrected chi connectivity index (χ2v) is 11.9. The van der Waals surface area contributed by atoms with Crippen LogP contribution in [0.15, 0.2) is 0 Å². The smallest absolute Gasteiger partial charge is 0.192 e. The molecule has 0 radical (unpaired) electrons. The molecule has 2 aliphatic rings. The Labute approximate surface area is 147 Å². The maximum Gasteiger partial charge on any atom is 0.192 e. The Kier molecular flexibility index (Phi) is 6.05. The summed E-state index contributed by atoms with van der Waals surface area (Å²) in [5, 5.41) is 0.173. The molecular weight excluding hydrogens is 498 g/mol. The van der Waals surface area contributed by atoms with Gasteiger partial charge in [0, 0.05) is 38.2 Å². The van der Waals surface area contributed by atoms with Gasteiger partial charge in [-0.15, -0.1) is 0 Å². The summed E-state index contributed by atoms with van der Waals surface area (Å²) >= 11 is 0. The van der Waals surface area contributed by atoms with E-state index in [1.165, 1.54) is 0 Å². The van der Waals surface area contributed by atoms with Crippen LogP contribution in [0.5, 0.6) is 0 Å². The van der Waals surface area contributed by atoms with E-state index in [1.807, 2.05) is 6.92 Å².